The van der Waals surface area contributed by atoms with Gasteiger partial charge in [0.2, 0.25) is 5.41 Å². The van der Waals surface area contributed by atoms with Crippen molar-refractivity contribution in [2.24, 2.45) is 0 Å². The first kappa shape index (κ1) is 36.9. The molecule has 0 atom stereocenters. The summed E-state index contributed by atoms with van der Waals surface area (Å²) in [4.78, 5) is 0. The summed E-state index contributed by atoms with van der Waals surface area (Å²) in [5.74, 6) is 1.59. The number of nitrogen functional groups attached to an aromatic ring is 2. The quantitative estimate of drug-likeness (QED) is 0.121. The average molecular weight is 727 g/mol. The van der Waals surface area contributed by atoms with Gasteiger partial charge in [-0.25, -0.2) is 0 Å². The zero-order valence-corrected chi connectivity index (χ0v) is 29.3. The van der Waals surface area contributed by atoms with Crippen molar-refractivity contribution in [1.82, 2.24) is 0 Å². The number of halogens is 6. The molecule has 0 heterocycles. The SMILES string of the molecule is Cc1cc(C)c(-c2ccc(Oc3ccc(N)cc3)cc2)c(C(c2cc(C)cc(C)c2-c2ccc(Oc3ccc(N)cc3)cc2)(C(F)(F)F)C(F)(F)F)c1. The van der Waals surface area contributed by atoms with Crippen LogP contribution in [0.5, 0.6) is 23.0 Å². The minimum atomic E-state index is -5.84. The maximum atomic E-state index is 16.1. The first-order valence-corrected chi connectivity index (χ1v) is 16.6. The largest absolute Gasteiger partial charge is 0.457 e. The van der Waals surface area contributed by atoms with Gasteiger partial charge in [0.25, 0.3) is 0 Å². The molecule has 0 aliphatic carbocycles. The van der Waals surface area contributed by atoms with Crippen molar-refractivity contribution in [3.8, 4) is 45.3 Å². The molecule has 0 saturated heterocycles. The molecule has 0 bridgehead atoms. The molecule has 0 spiro atoms. The highest BCUT2D eigenvalue weighted by Crippen LogP contribution is 2.60. The highest BCUT2D eigenvalue weighted by molar-refractivity contribution is 5.80. The molecular formula is C43H36F6N2O2. The molecule has 4 nitrogen and oxygen atoms in total. The number of hydrogen-bond donors (Lipinski definition) is 2. The number of rotatable bonds is 8. The van der Waals surface area contributed by atoms with Crippen LogP contribution >= 0.6 is 0 Å². The van der Waals surface area contributed by atoms with Crippen LogP contribution in [-0.2, 0) is 5.41 Å². The average Bonchev–Trinajstić information content (AvgIpc) is 3.07. The Balaban J connectivity index is 1.56. The van der Waals surface area contributed by atoms with Crippen molar-refractivity contribution in [3.05, 3.63) is 155 Å². The van der Waals surface area contributed by atoms with Gasteiger partial charge in [0.05, 0.1) is 0 Å². The van der Waals surface area contributed by atoms with E-state index in [9.17, 15) is 0 Å². The van der Waals surface area contributed by atoms with E-state index in [0.29, 0.717) is 34.4 Å². The third kappa shape index (κ3) is 7.13. The van der Waals surface area contributed by atoms with Crippen molar-refractivity contribution in [2.75, 3.05) is 11.5 Å². The van der Waals surface area contributed by atoms with E-state index >= 15 is 26.3 Å². The Bertz CT molecular complexity index is 2080. The van der Waals surface area contributed by atoms with Crippen molar-refractivity contribution < 1.29 is 35.8 Å². The Kier molecular flexibility index (Phi) is 9.68. The lowest BCUT2D eigenvalue weighted by Gasteiger charge is -2.41. The highest BCUT2D eigenvalue weighted by Gasteiger charge is 2.73. The highest BCUT2D eigenvalue weighted by atomic mass is 19.4. The van der Waals surface area contributed by atoms with Crippen LogP contribution in [0.3, 0.4) is 0 Å². The molecule has 0 saturated carbocycles. The normalized spacial score (nSPS) is 12.1. The van der Waals surface area contributed by atoms with E-state index in [1.165, 1.54) is 76.2 Å². The standard InChI is InChI=1S/C43H36F6N2O2/c1-25-21-27(3)39(29-5-13-33(14-6-29)52-35-17-9-31(50)10-18-35)37(23-25)41(42(44,45)46,43(47,48)49)38-24-26(2)22-28(4)40(38)30-7-15-34(16-8-30)53-36-19-11-32(51)12-20-36/h5-24H,50-51H2,1-4H3. The topological polar surface area (TPSA) is 70.5 Å². The van der Waals surface area contributed by atoms with Crippen LogP contribution in [0.1, 0.15) is 33.4 Å². The van der Waals surface area contributed by atoms with Crippen LogP contribution in [0, 0.1) is 27.7 Å². The van der Waals surface area contributed by atoms with Gasteiger partial charge >= 0.3 is 12.4 Å². The lowest BCUT2D eigenvalue weighted by atomic mass is 9.66. The molecule has 10 heteroatoms. The number of ether oxygens (including phenoxy) is 2. The minimum absolute atomic E-state index is 0.162. The molecule has 0 radical (unpaired) electrons. The van der Waals surface area contributed by atoms with E-state index in [1.807, 2.05) is 0 Å². The fraction of sp³-hybridized carbons (Fsp3) is 0.163. The number of benzene rings is 6. The monoisotopic (exact) mass is 726 g/mol. The molecule has 6 aromatic rings. The van der Waals surface area contributed by atoms with Gasteiger partial charge in [0.1, 0.15) is 23.0 Å². The molecule has 6 aromatic carbocycles. The maximum Gasteiger partial charge on any atom is 0.411 e. The van der Waals surface area contributed by atoms with Crippen LogP contribution in [0.15, 0.2) is 121 Å². The summed E-state index contributed by atoms with van der Waals surface area (Å²) in [6.07, 6.45) is -11.7. The predicted molar refractivity (Wildman–Crippen MR) is 197 cm³/mol. The molecule has 53 heavy (non-hydrogen) atoms. The maximum absolute atomic E-state index is 16.1. The second kappa shape index (κ2) is 13.9. The van der Waals surface area contributed by atoms with Crippen molar-refractivity contribution in [3.63, 3.8) is 0 Å². The summed E-state index contributed by atoms with van der Waals surface area (Å²) < 4.78 is 108. The van der Waals surface area contributed by atoms with Gasteiger partial charge in [-0.2, -0.15) is 26.3 Å². The molecule has 0 fully saturated rings. The van der Waals surface area contributed by atoms with Crippen LogP contribution in [0.2, 0.25) is 0 Å². The van der Waals surface area contributed by atoms with E-state index < -0.39 is 28.9 Å². The summed E-state index contributed by atoms with van der Waals surface area (Å²) in [6.45, 7) is 6.02. The molecule has 0 aliphatic rings. The first-order valence-electron chi connectivity index (χ1n) is 16.6. The Hall–Kier alpha value is -5.90. The van der Waals surface area contributed by atoms with Gasteiger partial charge in [-0.3, -0.25) is 0 Å². The summed E-state index contributed by atoms with van der Waals surface area (Å²) in [5.41, 5.74) is 7.23. The lowest BCUT2D eigenvalue weighted by molar-refractivity contribution is -0.288. The molecule has 0 amide bonds. The number of aryl methyl sites for hydroxylation is 4. The van der Waals surface area contributed by atoms with Gasteiger partial charge in [0, 0.05) is 11.4 Å². The molecule has 4 N–H and O–H groups in total. The van der Waals surface area contributed by atoms with Crippen LogP contribution in [0.4, 0.5) is 37.7 Å². The van der Waals surface area contributed by atoms with Crippen LogP contribution < -0.4 is 20.9 Å². The smallest absolute Gasteiger partial charge is 0.411 e. The van der Waals surface area contributed by atoms with E-state index in [0.717, 1.165) is 12.1 Å². The summed E-state index contributed by atoms with van der Waals surface area (Å²) in [6, 6.07) is 30.2. The number of nitrogens with two attached hydrogens (primary N) is 2. The predicted octanol–water partition coefficient (Wildman–Crippen LogP) is 12.4. The second-order valence-corrected chi connectivity index (χ2v) is 13.1. The van der Waals surface area contributed by atoms with Gasteiger partial charge in [-0.15, -0.1) is 0 Å². The molecule has 0 aliphatic heterocycles. The third-order valence-electron chi connectivity index (χ3n) is 9.14. The van der Waals surface area contributed by atoms with Crippen molar-refractivity contribution in [2.45, 2.75) is 45.5 Å². The number of anilines is 2. The van der Waals surface area contributed by atoms with E-state index in [-0.39, 0.29) is 44.5 Å². The van der Waals surface area contributed by atoms with E-state index in [1.54, 1.807) is 60.7 Å². The Morgan fingerprint density at radius 2 is 0.698 bits per heavy atom. The van der Waals surface area contributed by atoms with E-state index in [4.69, 9.17) is 20.9 Å². The fourth-order valence-corrected chi connectivity index (χ4v) is 6.93. The summed E-state index contributed by atoms with van der Waals surface area (Å²) in [7, 11) is 0. The van der Waals surface area contributed by atoms with Crippen molar-refractivity contribution >= 4 is 11.4 Å². The summed E-state index contributed by atoms with van der Waals surface area (Å²) in [5, 5.41) is 0. The molecule has 0 unspecified atom stereocenters. The molecule has 6 rings (SSSR count). The Labute approximate surface area is 303 Å². The van der Waals surface area contributed by atoms with Gasteiger partial charge in [-0.05, 0) is 145 Å². The Morgan fingerprint density at radius 3 is 0.981 bits per heavy atom. The summed E-state index contributed by atoms with van der Waals surface area (Å²) >= 11 is 0. The van der Waals surface area contributed by atoms with E-state index in [2.05, 4.69) is 0 Å². The number of alkyl halides is 6. The number of hydrogen-bond acceptors (Lipinski definition) is 4. The van der Waals surface area contributed by atoms with Gasteiger partial charge in [-0.1, -0.05) is 59.7 Å². The second-order valence-electron chi connectivity index (χ2n) is 13.1. The third-order valence-corrected chi connectivity index (χ3v) is 9.14. The molecule has 272 valence electrons. The molecule has 0 aromatic heterocycles. The first-order chi connectivity index (χ1) is 25.0. The zero-order valence-electron chi connectivity index (χ0n) is 29.3. The van der Waals surface area contributed by atoms with Gasteiger partial charge < -0.3 is 20.9 Å². The zero-order chi connectivity index (χ0) is 38.3. The lowest BCUT2D eigenvalue weighted by Crippen LogP contribution is -2.55. The molecular weight excluding hydrogens is 690 g/mol. The fourth-order valence-electron chi connectivity index (χ4n) is 6.93. The minimum Gasteiger partial charge on any atom is -0.457 e. The van der Waals surface area contributed by atoms with Gasteiger partial charge in [0.15, 0.2) is 0 Å². The Morgan fingerprint density at radius 1 is 0.415 bits per heavy atom. The van der Waals surface area contributed by atoms with Crippen molar-refractivity contribution in [1.29, 1.82) is 0 Å². The van der Waals surface area contributed by atoms with Crippen LogP contribution in [-0.4, -0.2) is 12.4 Å². The van der Waals surface area contributed by atoms with Crippen LogP contribution in [0.25, 0.3) is 22.3 Å².